The molecule has 2 aromatic heterocycles. The van der Waals surface area contributed by atoms with Gasteiger partial charge >= 0.3 is 0 Å². The lowest BCUT2D eigenvalue weighted by atomic mass is 9.96. The lowest BCUT2D eigenvalue weighted by Crippen LogP contribution is -2.38. The maximum Gasteiger partial charge on any atom is 0.282 e. The monoisotopic (exact) mass is 369 g/mol. The van der Waals surface area contributed by atoms with Crippen LogP contribution in [0.4, 0.5) is 0 Å². The summed E-state index contributed by atoms with van der Waals surface area (Å²) in [5, 5.41) is 0.535. The largest absolute Gasteiger partial charge is 0.431 e. The number of likely N-dealkylation sites (tertiary alicyclic amines) is 1. The number of carbonyl (C=O) groups is 1. The summed E-state index contributed by atoms with van der Waals surface area (Å²) in [7, 11) is 0. The molecule has 7 nitrogen and oxygen atoms in total. The molecular weight excluding hydrogens is 350 g/mol. The van der Waals surface area contributed by atoms with Crippen molar-refractivity contribution in [2.45, 2.75) is 19.4 Å². The summed E-state index contributed by atoms with van der Waals surface area (Å²) in [6.07, 6.45) is 4.95. The molecule has 26 heavy (non-hydrogen) atoms. The lowest BCUT2D eigenvalue weighted by Gasteiger charge is -2.30. The van der Waals surface area contributed by atoms with Gasteiger partial charge in [0.25, 0.3) is 5.19 Å². The Morgan fingerprint density at radius 2 is 1.92 bits per heavy atom. The predicted molar refractivity (Wildman–Crippen MR) is 98.9 cm³/mol. The van der Waals surface area contributed by atoms with E-state index < -0.39 is 0 Å². The zero-order valence-corrected chi connectivity index (χ0v) is 15.0. The van der Waals surface area contributed by atoms with Crippen LogP contribution in [-0.2, 0) is 11.3 Å². The predicted octanol–water partition coefficient (Wildman–Crippen LogP) is 2.58. The van der Waals surface area contributed by atoms with Crippen molar-refractivity contribution in [1.82, 2.24) is 19.9 Å². The van der Waals surface area contributed by atoms with E-state index in [0.717, 1.165) is 43.1 Å². The Bertz CT molecular complexity index is 870. The second-order valence-corrected chi connectivity index (χ2v) is 7.30. The quantitative estimate of drug-likeness (QED) is 0.743. The van der Waals surface area contributed by atoms with Gasteiger partial charge in [-0.2, -0.15) is 4.98 Å². The van der Waals surface area contributed by atoms with E-state index in [9.17, 15) is 4.79 Å². The molecule has 1 aliphatic heterocycles. The molecular formula is C18H19N5O2S. The molecule has 0 bridgehead atoms. The number of aromatic nitrogens is 3. The van der Waals surface area contributed by atoms with Crippen molar-refractivity contribution in [3.63, 3.8) is 0 Å². The first kappa shape index (κ1) is 16.9. The van der Waals surface area contributed by atoms with Gasteiger partial charge in [-0.15, -0.1) is 0 Å². The minimum atomic E-state index is -0.175. The van der Waals surface area contributed by atoms with Crippen LogP contribution in [-0.4, -0.2) is 38.8 Å². The van der Waals surface area contributed by atoms with E-state index in [4.69, 9.17) is 10.5 Å². The van der Waals surface area contributed by atoms with E-state index in [1.165, 1.54) is 16.9 Å². The fourth-order valence-electron chi connectivity index (χ4n) is 3.10. The number of carbonyl (C=O) groups excluding carboxylic acids is 1. The molecule has 0 aliphatic carbocycles. The Morgan fingerprint density at radius 1 is 1.19 bits per heavy atom. The van der Waals surface area contributed by atoms with E-state index in [1.807, 2.05) is 12.1 Å². The minimum absolute atomic E-state index is 0.0276. The molecule has 4 rings (SSSR count). The van der Waals surface area contributed by atoms with Crippen molar-refractivity contribution in [1.29, 1.82) is 0 Å². The first-order chi connectivity index (χ1) is 12.7. The van der Waals surface area contributed by atoms with Crippen LogP contribution in [0.25, 0.3) is 10.5 Å². The molecule has 2 N–H and O–H groups in total. The summed E-state index contributed by atoms with van der Waals surface area (Å²) >= 11 is 1.37. The van der Waals surface area contributed by atoms with Gasteiger partial charge in [0.15, 0.2) is 10.5 Å². The average molecular weight is 369 g/mol. The SMILES string of the molecule is NC(=O)C1CCN(Cc2ccc(Oc3nc4nccnc4s3)cc2)CC1. The summed E-state index contributed by atoms with van der Waals surface area (Å²) in [6.45, 7) is 2.66. The fourth-order valence-corrected chi connectivity index (χ4v) is 3.84. The molecule has 134 valence electrons. The van der Waals surface area contributed by atoms with E-state index in [2.05, 4.69) is 32.0 Å². The van der Waals surface area contributed by atoms with Crippen LogP contribution < -0.4 is 10.5 Å². The van der Waals surface area contributed by atoms with Crippen molar-refractivity contribution in [3.05, 3.63) is 42.2 Å². The third-order valence-corrected chi connectivity index (χ3v) is 5.38. The number of primary amides is 1. The minimum Gasteiger partial charge on any atom is -0.431 e. The normalized spacial score (nSPS) is 16.0. The van der Waals surface area contributed by atoms with Gasteiger partial charge < -0.3 is 10.5 Å². The van der Waals surface area contributed by atoms with E-state index in [-0.39, 0.29) is 11.8 Å². The summed E-state index contributed by atoms with van der Waals surface area (Å²) in [6, 6.07) is 8.00. The maximum absolute atomic E-state index is 11.2. The molecule has 3 aromatic rings. The Hall–Kier alpha value is -2.58. The number of amides is 1. The topological polar surface area (TPSA) is 94.2 Å². The van der Waals surface area contributed by atoms with Crippen molar-refractivity contribution >= 4 is 27.7 Å². The highest BCUT2D eigenvalue weighted by Crippen LogP contribution is 2.29. The third-order valence-electron chi connectivity index (χ3n) is 4.55. The van der Waals surface area contributed by atoms with Crippen LogP contribution in [0, 0.1) is 5.92 Å². The Kier molecular flexibility index (Phi) is 4.77. The van der Waals surface area contributed by atoms with Gasteiger partial charge in [-0.1, -0.05) is 23.5 Å². The zero-order chi connectivity index (χ0) is 17.9. The molecule has 1 saturated heterocycles. The zero-order valence-electron chi connectivity index (χ0n) is 14.2. The molecule has 0 spiro atoms. The van der Waals surface area contributed by atoms with Crippen LogP contribution in [0.3, 0.4) is 0 Å². The Labute approximate surface area is 154 Å². The number of hydrogen-bond donors (Lipinski definition) is 1. The van der Waals surface area contributed by atoms with Gasteiger partial charge in [0.1, 0.15) is 5.75 Å². The van der Waals surface area contributed by atoms with Gasteiger partial charge in [0.2, 0.25) is 5.91 Å². The van der Waals surface area contributed by atoms with E-state index in [1.54, 1.807) is 12.4 Å². The highest BCUT2D eigenvalue weighted by molar-refractivity contribution is 7.19. The molecule has 0 saturated carbocycles. The summed E-state index contributed by atoms with van der Waals surface area (Å²) in [5.41, 5.74) is 7.20. The second kappa shape index (κ2) is 7.35. The van der Waals surface area contributed by atoms with Crippen molar-refractivity contribution in [2.24, 2.45) is 11.7 Å². The third kappa shape index (κ3) is 3.81. The molecule has 1 fully saturated rings. The van der Waals surface area contributed by atoms with Gasteiger partial charge in [-0.05, 0) is 43.6 Å². The average Bonchev–Trinajstić information content (AvgIpc) is 3.06. The van der Waals surface area contributed by atoms with E-state index in [0.29, 0.717) is 10.8 Å². The number of piperidine rings is 1. The standard InChI is InChI=1S/C18H19N5O2S/c19-15(24)13-5-9-23(10-6-13)11-12-1-3-14(4-2-12)25-18-22-16-17(26-18)21-8-7-20-16/h1-4,7-8,13H,5-6,9-11H2,(H2,19,24). The molecule has 1 amide bonds. The summed E-state index contributed by atoms with van der Waals surface area (Å²) < 4.78 is 5.81. The Morgan fingerprint density at radius 3 is 2.62 bits per heavy atom. The van der Waals surface area contributed by atoms with Crippen molar-refractivity contribution < 1.29 is 9.53 Å². The number of thiazole rings is 1. The van der Waals surface area contributed by atoms with Crippen LogP contribution in [0.2, 0.25) is 0 Å². The fraction of sp³-hybridized carbons (Fsp3) is 0.333. The van der Waals surface area contributed by atoms with Gasteiger partial charge in [-0.25, -0.2) is 9.97 Å². The molecule has 8 heteroatoms. The number of rotatable bonds is 5. The van der Waals surface area contributed by atoms with Crippen LogP contribution in [0.5, 0.6) is 10.9 Å². The van der Waals surface area contributed by atoms with Gasteiger partial charge in [0.05, 0.1) is 0 Å². The number of fused-ring (bicyclic) bond motifs is 1. The first-order valence-electron chi connectivity index (χ1n) is 8.53. The molecule has 0 radical (unpaired) electrons. The molecule has 1 aromatic carbocycles. The van der Waals surface area contributed by atoms with Crippen LogP contribution in [0.15, 0.2) is 36.7 Å². The van der Waals surface area contributed by atoms with Gasteiger partial charge in [0, 0.05) is 24.9 Å². The van der Waals surface area contributed by atoms with Crippen molar-refractivity contribution in [2.75, 3.05) is 13.1 Å². The number of benzene rings is 1. The molecule has 0 unspecified atom stereocenters. The van der Waals surface area contributed by atoms with Crippen molar-refractivity contribution in [3.8, 4) is 10.9 Å². The first-order valence-corrected chi connectivity index (χ1v) is 9.35. The highest BCUT2D eigenvalue weighted by Gasteiger charge is 2.22. The van der Waals surface area contributed by atoms with Crippen LogP contribution in [0.1, 0.15) is 18.4 Å². The molecule has 3 heterocycles. The maximum atomic E-state index is 11.2. The highest BCUT2D eigenvalue weighted by atomic mass is 32.1. The number of nitrogens with two attached hydrogens (primary N) is 1. The van der Waals surface area contributed by atoms with Gasteiger partial charge in [-0.3, -0.25) is 9.69 Å². The molecule has 1 aliphatic rings. The number of nitrogens with zero attached hydrogens (tertiary/aromatic N) is 4. The number of ether oxygens (including phenoxy) is 1. The second-order valence-electron chi connectivity index (χ2n) is 6.36. The lowest BCUT2D eigenvalue weighted by molar-refractivity contribution is -0.123. The number of hydrogen-bond acceptors (Lipinski definition) is 7. The molecule has 0 atom stereocenters. The van der Waals surface area contributed by atoms with Crippen LogP contribution >= 0.6 is 11.3 Å². The summed E-state index contributed by atoms with van der Waals surface area (Å²) in [5.74, 6) is 0.589. The van der Waals surface area contributed by atoms with E-state index >= 15 is 0 Å². The smallest absolute Gasteiger partial charge is 0.282 e. The summed E-state index contributed by atoms with van der Waals surface area (Å²) in [4.78, 5) is 27.1. The Balaban J connectivity index is 1.35.